The van der Waals surface area contributed by atoms with Crippen LogP contribution in [0.3, 0.4) is 0 Å². The molecular weight excluding hydrogens is 264 g/mol. The van der Waals surface area contributed by atoms with Crippen LogP contribution in [0.4, 0.5) is 5.69 Å². The average molecular weight is 281 g/mol. The molecule has 0 saturated carbocycles. The first-order valence-corrected chi connectivity index (χ1v) is 6.93. The summed E-state index contributed by atoms with van der Waals surface area (Å²) in [6.45, 7) is 2.77. The van der Waals surface area contributed by atoms with Crippen molar-refractivity contribution in [3.63, 3.8) is 0 Å². The van der Waals surface area contributed by atoms with E-state index in [1.165, 1.54) is 6.42 Å². The molecular formula is C13H17ClN4O. The summed E-state index contributed by atoms with van der Waals surface area (Å²) in [5.41, 5.74) is 2.53. The Balaban J connectivity index is 2.18. The molecule has 1 saturated heterocycles. The number of fused-ring (bicyclic) bond motifs is 1. The molecule has 0 aromatic carbocycles. The Labute approximate surface area is 116 Å². The first-order valence-electron chi connectivity index (χ1n) is 6.55. The van der Waals surface area contributed by atoms with Crippen molar-refractivity contribution >= 4 is 28.5 Å². The second-order valence-electron chi connectivity index (χ2n) is 4.76. The number of aryl methyl sites for hydroxylation is 1. The molecule has 0 radical (unpaired) electrons. The van der Waals surface area contributed by atoms with Crippen LogP contribution < -0.4 is 5.32 Å². The Hall–Kier alpha value is -1.33. The van der Waals surface area contributed by atoms with Crippen molar-refractivity contribution in [1.82, 2.24) is 14.5 Å². The van der Waals surface area contributed by atoms with Crippen molar-refractivity contribution < 1.29 is 4.74 Å². The quantitative estimate of drug-likeness (QED) is 0.859. The fraction of sp³-hybridized carbons (Fsp3) is 0.538. The highest BCUT2D eigenvalue weighted by atomic mass is 35.5. The molecule has 6 heteroatoms. The maximum Gasteiger partial charge on any atom is 0.166 e. The van der Waals surface area contributed by atoms with E-state index in [0.717, 1.165) is 42.1 Å². The van der Waals surface area contributed by atoms with E-state index < -0.39 is 0 Å². The number of aromatic nitrogens is 3. The zero-order valence-corrected chi connectivity index (χ0v) is 11.9. The van der Waals surface area contributed by atoms with Crippen LogP contribution in [0, 0.1) is 6.92 Å². The van der Waals surface area contributed by atoms with Crippen molar-refractivity contribution in [1.29, 1.82) is 0 Å². The fourth-order valence-corrected chi connectivity index (χ4v) is 2.79. The Morgan fingerprint density at radius 1 is 1.42 bits per heavy atom. The summed E-state index contributed by atoms with van der Waals surface area (Å²) < 4.78 is 7.90. The molecule has 1 fully saturated rings. The van der Waals surface area contributed by atoms with E-state index in [9.17, 15) is 0 Å². The van der Waals surface area contributed by atoms with Crippen LogP contribution in [0.5, 0.6) is 0 Å². The predicted octanol–water partition coefficient (Wildman–Crippen LogP) is 3.13. The van der Waals surface area contributed by atoms with E-state index in [1.807, 2.05) is 14.0 Å². The molecule has 1 aliphatic heterocycles. The van der Waals surface area contributed by atoms with E-state index in [2.05, 4.69) is 19.9 Å². The van der Waals surface area contributed by atoms with Gasteiger partial charge in [-0.25, -0.2) is 9.97 Å². The van der Waals surface area contributed by atoms with Gasteiger partial charge in [0.05, 0.1) is 5.69 Å². The standard InChI is InChI=1S/C13H17ClN4O/c1-8-16-12-9(15-2)7-10(14)17-13(12)18(8)11-5-3-4-6-19-11/h7,11H,3-6H2,1-2H3,(H,15,17). The normalized spacial score (nSPS) is 19.8. The van der Waals surface area contributed by atoms with Gasteiger partial charge in [-0.3, -0.25) is 4.57 Å². The molecule has 1 unspecified atom stereocenters. The Bertz CT molecular complexity index is 604. The zero-order valence-electron chi connectivity index (χ0n) is 11.1. The summed E-state index contributed by atoms with van der Waals surface area (Å²) in [5, 5.41) is 3.58. The molecule has 0 aliphatic carbocycles. The Morgan fingerprint density at radius 3 is 2.95 bits per heavy atom. The summed E-state index contributed by atoms with van der Waals surface area (Å²) in [7, 11) is 1.86. The molecule has 0 spiro atoms. The highest BCUT2D eigenvalue weighted by Gasteiger charge is 2.22. The number of nitrogens with zero attached hydrogens (tertiary/aromatic N) is 3. The maximum atomic E-state index is 6.09. The third-order valence-corrected chi connectivity index (χ3v) is 3.70. The molecule has 1 aliphatic rings. The first-order chi connectivity index (χ1) is 9.20. The smallest absolute Gasteiger partial charge is 0.166 e. The maximum absolute atomic E-state index is 6.09. The third-order valence-electron chi connectivity index (χ3n) is 3.51. The fourth-order valence-electron chi connectivity index (χ4n) is 2.60. The van der Waals surface area contributed by atoms with Crippen LogP contribution in [0.15, 0.2) is 6.07 Å². The number of pyridine rings is 1. The van der Waals surface area contributed by atoms with Crippen molar-refractivity contribution in [3.8, 4) is 0 Å². The van der Waals surface area contributed by atoms with Crippen molar-refractivity contribution in [2.24, 2.45) is 0 Å². The molecule has 2 aromatic heterocycles. The van der Waals surface area contributed by atoms with E-state index >= 15 is 0 Å². The van der Waals surface area contributed by atoms with Crippen LogP contribution >= 0.6 is 11.6 Å². The van der Waals surface area contributed by atoms with E-state index in [4.69, 9.17) is 16.3 Å². The summed E-state index contributed by atoms with van der Waals surface area (Å²) in [6.07, 6.45) is 3.31. The zero-order chi connectivity index (χ0) is 13.4. The van der Waals surface area contributed by atoms with Crippen molar-refractivity contribution in [3.05, 3.63) is 17.0 Å². The summed E-state index contributed by atoms with van der Waals surface area (Å²) in [6, 6.07) is 1.79. The van der Waals surface area contributed by atoms with Gasteiger partial charge in [0.25, 0.3) is 0 Å². The van der Waals surface area contributed by atoms with E-state index in [1.54, 1.807) is 6.07 Å². The van der Waals surface area contributed by atoms with Gasteiger partial charge in [0.15, 0.2) is 5.65 Å². The van der Waals surface area contributed by atoms with Gasteiger partial charge in [0.2, 0.25) is 0 Å². The van der Waals surface area contributed by atoms with Gasteiger partial charge in [0, 0.05) is 19.7 Å². The molecule has 5 nitrogen and oxygen atoms in total. The van der Waals surface area contributed by atoms with Gasteiger partial charge < -0.3 is 10.1 Å². The van der Waals surface area contributed by atoms with Gasteiger partial charge in [-0.15, -0.1) is 0 Å². The Morgan fingerprint density at radius 2 is 2.26 bits per heavy atom. The lowest BCUT2D eigenvalue weighted by atomic mass is 10.2. The molecule has 3 rings (SSSR count). The van der Waals surface area contributed by atoms with Crippen molar-refractivity contribution in [2.75, 3.05) is 19.0 Å². The van der Waals surface area contributed by atoms with Gasteiger partial charge in [0.1, 0.15) is 22.7 Å². The lowest BCUT2D eigenvalue weighted by Gasteiger charge is -2.25. The Kier molecular flexibility index (Phi) is 3.33. The number of hydrogen-bond acceptors (Lipinski definition) is 4. The first kappa shape index (κ1) is 12.7. The summed E-state index contributed by atoms with van der Waals surface area (Å²) in [5.74, 6) is 0.910. The molecule has 2 aromatic rings. The number of anilines is 1. The molecule has 102 valence electrons. The van der Waals surface area contributed by atoms with Crippen LogP contribution in [-0.4, -0.2) is 28.2 Å². The summed E-state index contributed by atoms with van der Waals surface area (Å²) in [4.78, 5) is 9.03. The van der Waals surface area contributed by atoms with E-state index in [-0.39, 0.29) is 6.23 Å². The summed E-state index contributed by atoms with van der Waals surface area (Å²) >= 11 is 6.09. The number of halogens is 1. The largest absolute Gasteiger partial charge is 0.386 e. The highest BCUT2D eigenvalue weighted by molar-refractivity contribution is 6.30. The number of ether oxygens (including phenoxy) is 1. The van der Waals surface area contributed by atoms with Crippen molar-refractivity contribution in [2.45, 2.75) is 32.4 Å². The second-order valence-corrected chi connectivity index (χ2v) is 5.15. The number of hydrogen-bond donors (Lipinski definition) is 1. The topological polar surface area (TPSA) is 52.0 Å². The predicted molar refractivity (Wildman–Crippen MR) is 75.7 cm³/mol. The average Bonchev–Trinajstić information content (AvgIpc) is 2.75. The van der Waals surface area contributed by atoms with Gasteiger partial charge >= 0.3 is 0 Å². The lowest BCUT2D eigenvalue weighted by Crippen LogP contribution is -2.19. The SMILES string of the molecule is CNc1cc(Cl)nc2c1nc(C)n2C1CCCCO1. The monoisotopic (exact) mass is 280 g/mol. The van der Waals surface area contributed by atoms with Crippen LogP contribution in [0.1, 0.15) is 31.3 Å². The third kappa shape index (κ3) is 2.17. The molecule has 19 heavy (non-hydrogen) atoms. The second kappa shape index (κ2) is 4.98. The van der Waals surface area contributed by atoms with Crippen LogP contribution in [0.2, 0.25) is 5.15 Å². The van der Waals surface area contributed by atoms with Crippen LogP contribution in [0.25, 0.3) is 11.2 Å². The van der Waals surface area contributed by atoms with Crippen LogP contribution in [-0.2, 0) is 4.74 Å². The minimum atomic E-state index is 0.0226. The highest BCUT2D eigenvalue weighted by Crippen LogP contribution is 2.31. The molecule has 1 N–H and O–H groups in total. The van der Waals surface area contributed by atoms with Gasteiger partial charge in [-0.05, 0) is 26.2 Å². The lowest BCUT2D eigenvalue weighted by molar-refractivity contribution is -0.0309. The molecule has 3 heterocycles. The van der Waals surface area contributed by atoms with E-state index in [0.29, 0.717) is 5.15 Å². The number of imidazole rings is 1. The number of rotatable bonds is 2. The van der Waals surface area contributed by atoms with Gasteiger partial charge in [-0.1, -0.05) is 11.6 Å². The van der Waals surface area contributed by atoms with Gasteiger partial charge in [-0.2, -0.15) is 0 Å². The molecule has 0 bridgehead atoms. The molecule has 0 amide bonds. The minimum absolute atomic E-state index is 0.0226. The molecule has 1 atom stereocenters. The number of nitrogens with one attached hydrogen (secondary N) is 1. The minimum Gasteiger partial charge on any atom is -0.386 e.